The first-order valence-corrected chi connectivity index (χ1v) is 7.93. The zero-order valence-corrected chi connectivity index (χ0v) is 12.5. The van der Waals surface area contributed by atoms with Gasteiger partial charge < -0.3 is 0 Å². The third kappa shape index (κ3) is 6.62. The zero-order chi connectivity index (χ0) is 14.8. The van der Waals surface area contributed by atoms with E-state index in [0.717, 1.165) is 19.3 Å². The summed E-state index contributed by atoms with van der Waals surface area (Å²) in [6, 6.07) is 0. The fourth-order valence-electron chi connectivity index (χ4n) is 2.57. The van der Waals surface area contributed by atoms with Gasteiger partial charge in [-0.2, -0.15) is 13.2 Å². The van der Waals surface area contributed by atoms with Crippen LogP contribution in [0.2, 0.25) is 0 Å². The third-order valence-electron chi connectivity index (χ3n) is 3.74. The second kappa shape index (κ2) is 9.24. The van der Waals surface area contributed by atoms with Crippen LogP contribution in [0.15, 0.2) is 4.99 Å². The smallest absolute Gasteiger partial charge is 0.270 e. The molecular weight excluding hydrogens is 265 g/mol. The Morgan fingerprint density at radius 3 is 2.05 bits per heavy atom. The Bertz CT molecular complexity index is 287. The van der Waals surface area contributed by atoms with E-state index in [2.05, 4.69) is 11.9 Å². The average Bonchev–Trinajstić information content (AvgIpc) is 2.85. The topological polar surface area (TPSA) is 15.6 Å². The molecule has 118 valence electrons. The largest absolute Gasteiger partial charge is 0.485 e. The molecule has 0 bridgehead atoms. The van der Waals surface area contributed by atoms with Crippen LogP contribution in [0, 0.1) is 0 Å². The second-order valence-electron chi connectivity index (χ2n) is 5.50. The molecule has 1 aliphatic heterocycles. The molecule has 2 nitrogen and oxygen atoms in total. The monoisotopic (exact) mass is 292 g/mol. The molecule has 0 aromatic heterocycles. The SMILES string of the molecule is CCCCCCCCCCCC1=NCCN1C(F)(F)F. The Labute approximate surface area is 120 Å². The van der Waals surface area contributed by atoms with Gasteiger partial charge in [0.2, 0.25) is 0 Å². The van der Waals surface area contributed by atoms with Crippen LogP contribution in [-0.4, -0.2) is 30.1 Å². The Hall–Kier alpha value is -0.740. The van der Waals surface area contributed by atoms with E-state index in [4.69, 9.17) is 0 Å². The van der Waals surface area contributed by atoms with Crippen molar-refractivity contribution in [1.82, 2.24) is 4.90 Å². The maximum absolute atomic E-state index is 12.6. The van der Waals surface area contributed by atoms with Gasteiger partial charge in [-0.15, -0.1) is 0 Å². The maximum atomic E-state index is 12.6. The number of rotatable bonds is 10. The van der Waals surface area contributed by atoms with Crippen molar-refractivity contribution in [3.8, 4) is 0 Å². The van der Waals surface area contributed by atoms with Crippen LogP contribution in [0.5, 0.6) is 0 Å². The highest BCUT2D eigenvalue weighted by atomic mass is 19.4. The number of halogens is 3. The van der Waals surface area contributed by atoms with E-state index >= 15 is 0 Å². The molecule has 0 saturated heterocycles. The minimum atomic E-state index is -4.26. The summed E-state index contributed by atoms with van der Waals surface area (Å²) in [7, 11) is 0. The first-order valence-electron chi connectivity index (χ1n) is 7.93. The van der Waals surface area contributed by atoms with Crippen LogP contribution in [0.25, 0.3) is 0 Å². The van der Waals surface area contributed by atoms with Crippen molar-refractivity contribution < 1.29 is 13.2 Å². The van der Waals surface area contributed by atoms with Crippen LogP contribution in [0.4, 0.5) is 13.2 Å². The lowest BCUT2D eigenvalue weighted by Gasteiger charge is -2.22. The van der Waals surface area contributed by atoms with E-state index in [0.29, 0.717) is 11.3 Å². The molecule has 0 N–H and O–H groups in total. The summed E-state index contributed by atoms with van der Waals surface area (Å²) in [5.74, 6) is 0.237. The van der Waals surface area contributed by atoms with Crippen molar-refractivity contribution >= 4 is 5.84 Å². The minimum absolute atomic E-state index is 0.00371. The van der Waals surface area contributed by atoms with Crippen LogP contribution in [-0.2, 0) is 0 Å². The van der Waals surface area contributed by atoms with Crippen molar-refractivity contribution in [3.63, 3.8) is 0 Å². The molecule has 0 aromatic carbocycles. The van der Waals surface area contributed by atoms with Gasteiger partial charge >= 0.3 is 6.30 Å². The van der Waals surface area contributed by atoms with E-state index in [1.165, 1.54) is 38.5 Å². The predicted molar refractivity (Wildman–Crippen MR) is 76.9 cm³/mol. The molecule has 0 amide bonds. The van der Waals surface area contributed by atoms with Crippen LogP contribution >= 0.6 is 0 Å². The van der Waals surface area contributed by atoms with Crippen molar-refractivity contribution in [3.05, 3.63) is 0 Å². The number of alkyl halides is 3. The van der Waals surface area contributed by atoms with E-state index in [9.17, 15) is 13.2 Å². The van der Waals surface area contributed by atoms with Gasteiger partial charge in [-0.05, 0) is 6.42 Å². The molecule has 0 aliphatic carbocycles. The molecule has 20 heavy (non-hydrogen) atoms. The highest BCUT2D eigenvalue weighted by Gasteiger charge is 2.40. The molecule has 0 aromatic rings. The van der Waals surface area contributed by atoms with Gasteiger partial charge in [0, 0.05) is 13.0 Å². The van der Waals surface area contributed by atoms with Gasteiger partial charge in [0.15, 0.2) is 0 Å². The lowest BCUT2D eigenvalue weighted by atomic mass is 10.1. The van der Waals surface area contributed by atoms with Gasteiger partial charge in [-0.1, -0.05) is 58.3 Å². The Kier molecular flexibility index (Phi) is 8.00. The highest BCUT2D eigenvalue weighted by Crippen LogP contribution is 2.25. The van der Waals surface area contributed by atoms with E-state index in [1.54, 1.807) is 0 Å². The van der Waals surface area contributed by atoms with Crippen LogP contribution < -0.4 is 0 Å². The fraction of sp³-hybridized carbons (Fsp3) is 0.933. The molecule has 0 radical (unpaired) electrons. The maximum Gasteiger partial charge on any atom is 0.485 e. The summed E-state index contributed by atoms with van der Waals surface area (Å²) in [5, 5.41) is 0. The van der Waals surface area contributed by atoms with Gasteiger partial charge in [0.25, 0.3) is 0 Å². The number of unbranched alkanes of at least 4 members (excludes halogenated alkanes) is 8. The Morgan fingerprint density at radius 1 is 0.950 bits per heavy atom. The molecule has 0 unspecified atom stereocenters. The van der Waals surface area contributed by atoms with Crippen molar-refractivity contribution in [2.24, 2.45) is 4.99 Å². The quantitative estimate of drug-likeness (QED) is 0.402. The van der Waals surface area contributed by atoms with Crippen LogP contribution in [0.1, 0.15) is 71.1 Å². The molecule has 5 heteroatoms. The van der Waals surface area contributed by atoms with Crippen LogP contribution in [0.3, 0.4) is 0 Å². The molecule has 0 spiro atoms. The molecule has 1 aliphatic rings. The fourth-order valence-corrected chi connectivity index (χ4v) is 2.57. The Balaban J connectivity index is 2.01. The molecule has 0 fully saturated rings. The highest BCUT2D eigenvalue weighted by molar-refractivity contribution is 5.84. The lowest BCUT2D eigenvalue weighted by molar-refractivity contribution is -0.214. The van der Waals surface area contributed by atoms with Gasteiger partial charge in [0.05, 0.1) is 6.54 Å². The molecular formula is C15H27F3N2. The van der Waals surface area contributed by atoms with Gasteiger partial charge in [0.1, 0.15) is 5.84 Å². The predicted octanol–water partition coefficient (Wildman–Crippen LogP) is 5.14. The minimum Gasteiger partial charge on any atom is -0.270 e. The van der Waals surface area contributed by atoms with Crippen molar-refractivity contribution in [2.75, 3.05) is 13.1 Å². The van der Waals surface area contributed by atoms with Gasteiger partial charge in [-0.25, -0.2) is 0 Å². The number of hydrogen-bond acceptors (Lipinski definition) is 2. The first kappa shape index (κ1) is 17.3. The third-order valence-corrected chi connectivity index (χ3v) is 3.74. The number of hydrogen-bond donors (Lipinski definition) is 0. The Morgan fingerprint density at radius 2 is 1.50 bits per heavy atom. The van der Waals surface area contributed by atoms with Gasteiger partial charge in [-0.3, -0.25) is 9.89 Å². The number of amidine groups is 1. The van der Waals surface area contributed by atoms with Crippen molar-refractivity contribution in [2.45, 2.75) is 77.4 Å². The summed E-state index contributed by atoms with van der Waals surface area (Å²) in [6.07, 6.45) is 6.82. The summed E-state index contributed by atoms with van der Waals surface area (Å²) < 4.78 is 37.9. The van der Waals surface area contributed by atoms with E-state index in [-0.39, 0.29) is 18.9 Å². The van der Waals surface area contributed by atoms with Crippen molar-refractivity contribution in [1.29, 1.82) is 0 Å². The molecule has 1 rings (SSSR count). The standard InChI is InChI=1S/C15H27F3N2/c1-2-3-4-5-6-7-8-9-10-11-14-19-12-13-20(14)15(16,17)18/h2-13H2,1H3. The normalized spacial score (nSPS) is 15.8. The number of nitrogens with zero attached hydrogens (tertiary/aromatic N) is 2. The first-order chi connectivity index (χ1) is 9.55. The molecule has 0 saturated carbocycles. The lowest BCUT2D eigenvalue weighted by Crippen LogP contribution is -2.40. The zero-order valence-electron chi connectivity index (χ0n) is 12.5. The summed E-state index contributed by atoms with van der Waals surface area (Å²) in [6.45, 7) is 2.48. The second-order valence-corrected chi connectivity index (χ2v) is 5.50. The molecule has 0 atom stereocenters. The summed E-state index contributed by atoms with van der Waals surface area (Å²) in [4.78, 5) is 4.47. The van der Waals surface area contributed by atoms with E-state index < -0.39 is 6.30 Å². The van der Waals surface area contributed by atoms with E-state index in [1.807, 2.05) is 0 Å². The molecule has 1 heterocycles. The number of aliphatic imine (C=N–C) groups is 1. The summed E-state index contributed by atoms with van der Waals surface area (Å²) in [5.41, 5.74) is 0. The summed E-state index contributed by atoms with van der Waals surface area (Å²) >= 11 is 0. The average molecular weight is 292 g/mol.